The summed E-state index contributed by atoms with van der Waals surface area (Å²) in [5, 5.41) is 3.18. The van der Waals surface area contributed by atoms with Crippen LogP contribution in [-0.4, -0.2) is 68.8 Å². The maximum atomic E-state index is 13.5. The summed E-state index contributed by atoms with van der Waals surface area (Å²) in [4.78, 5) is 28.1. The number of amides is 2. The Balaban J connectivity index is 1.15. The minimum atomic E-state index is -3.71. The van der Waals surface area contributed by atoms with Gasteiger partial charge < -0.3 is 15.0 Å². The normalized spacial score (nSPS) is 21.5. The molecule has 2 fully saturated rings. The third-order valence-electron chi connectivity index (χ3n) is 9.23. The second-order valence-corrected chi connectivity index (χ2v) is 13.9. The van der Waals surface area contributed by atoms with Crippen molar-refractivity contribution in [1.82, 2.24) is 14.5 Å². The molecule has 0 radical (unpaired) electrons. The molecular weight excluding hydrogens is 557 g/mol. The Labute approximate surface area is 248 Å². The molecule has 3 aliphatic rings. The van der Waals surface area contributed by atoms with Gasteiger partial charge in [0, 0.05) is 45.1 Å². The molecule has 2 amide bonds. The standard InChI is InChI=1S/C32H42FN3O5S/c33-27-10-12-28(13-11-27)42(39,40)36-19-14-26(15-20-36)31(38)35-21-17-32(18-22-35)16-4-3-7-25-6-1-2-8-29(25)41-23-5-9-30(37)34-24-32/h1-2,6,8,10-13,26H,3-5,7,9,14-24H2,(H,34,37). The van der Waals surface area contributed by atoms with Crippen LogP contribution in [0.5, 0.6) is 5.75 Å². The van der Waals surface area contributed by atoms with Gasteiger partial charge in [-0.3, -0.25) is 9.59 Å². The molecule has 42 heavy (non-hydrogen) atoms. The van der Waals surface area contributed by atoms with E-state index >= 15 is 0 Å². The molecule has 0 saturated carbocycles. The van der Waals surface area contributed by atoms with Crippen molar-refractivity contribution in [2.75, 3.05) is 39.3 Å². The number of benzene rings is 2. The van der Waals surface area contributed by atoms with Gasteiger partial charge in [0.25, 0.3) is 0 Å². The van der Waals surface area contributed by atoms with E-state index in [1.54, 1.807) is 0 Å². The SMILES string of the molecule is O=C1CCCOc2ccccc2CCCCC2(CCN(C(=O)C3CCN(S(=O)(=O)c4ccc(F)cc4)CC3)CC2)CN1. The first-order valence-corrected chi connectivity index (χ1v) is 16.7. The van der Waals surface area contributed by atoms with Crippen molar-refractivity contribution in [2.45, 2.75) is 69.1 Å². The number of fused-ring (bicyclic) bond motifs is 1. The van der Waals surface area contributed by atoms with E-state index in [1.807, 2.05) is 23.1 Å². The lowest BCUT2D eigenvalue weighted by Gasteiger charge is -2.43. The van der Waals surface area contributed by atoms with Crippen molar-refractivity contribution in [3.63, 3.8) is 0 Å². The molecule has 8 nitrogen and oxygen atoms in total. The molecule has 0 aromatic heterocycles. The highest BCUT2D eigenvalue weighted by atomic mass is 32.2. The quantitative estimate of drug-likeness (QED) is 0.559. The fourth-order valence-corrected chi connectivity index (χ4v) is 8.00. The number of rotatable bonds is 3. The Morgan fingerprint density at radius 2 is 1.62 bits per heavy atom. The molecular formula is C32H42FN3O5S. The molecule has 2 aromatic carbocycles. The number of nitrogens with one attached hydrogen (secondary N) is 1. The number of ether oxygens (including phenoxy) is 1. The molecule has 228 valence electrons. The Morgan fingerprint density at radius 3 is 2.36 bits per heavy atom. The lowest BCUT2D eigenvalue weighted by molar-refractivity contribution is -0.139. The van der Waals surface area contributed by atoms with Crippen LogP contribution in [0, 0.1) is 17.2 Å². The zero-order valence-electron chi connectivity index (χ0n) is 24.2. The van der Waals surface area contributed by atoms with Crippen molar-refractivity contribution >= 4 is 21.8 Å². The Hall–Kier alpha value is -2.98. The number of nitrogens with zero attached hydrogens (tertiary/aromatic N) is 2. The van der Waals surface area contributed by atoms with Crippen LogP contribution in [0.25, 0.3) is 0 Å². The van der Waals surface area contributed by atoms with Crippen LogP contribution in [0.3, 0.4) is 0 Å². The van der Waals surface area contributed by atoms with Gasteiger partial charge >= 0.3 is 0 Å². The van der Waals surface area contributed by atoms with Crippen molar-refractivity contribution in [1.29, 1.82) is 0 Å². The first-order chi connectivity index (χ1) is 20.3. The van der Waals surface area contributed by atoms with Crippen molar-refractivity contribution in [3.05, 3.63) is 59.9 Å². The third kappa shape index (κ3) is 7.32. The highest BCUT2D eigenvalue weighted by Gasteiger charge is 2.39. The average Bonchev–Trinajstić information content (AvgIpc) is 3.01. The van der Waals surface area contributed by atoms with Gasteiger partial charge in [-0.15, -0.1) is 0 Å². The van der Waals surface area contributed by atoms with Crippen LogP contribution in [0.1, 0.15) is 63.4 Å². The number of halogens is 1. The van der Waals surface area contributed by atoms with E-state index in [0.717, 1.165) is 56.4 Å². The van der Waals surface area contributed by atoms with Crippen molar-refractivity contribution in [3.8, 4) is 5.75 Å². The number of sulfonamides is 1. The summed E-state index contributed by atoms with van der Waals surface area (Å²) in [7, 11) is -3.71. The fraction of sp³-hybridized carbons (Fsp3) is 0.562. The molecule has 2 saturated heterocycles. The zero-order valence-corrected chi connectivity index (χ0v) is 25.0. The largest absolute Gasteiger partial charge is 0.493 e. The predicted molar refractivity (Wildman–Crippen MR) is 158 cm³/mol. The molecule has 0 bridgehead atoms. The Bertz CT molecular complexity index is 1330. The first kappa shape index (κ1) is 30.5. The van der Waals surface area contributed by atoms with Crippen molar-refractivity contribution < 1.29 is 27.1 Å². The summed E-state index contributed by atoms with van der Waals surface area (Å²) in [6, 6.07) is 13.0. The van der Waals surface area contributed by atoms with E-state index in [2.05, 4.69) is 11.4 Å². The smallest absolute Gasteiger partial charge is 0.243 e. The van der Waals surface area contributed by atoms with Gasteiger partial charge in [0.15, 0.2) is 0 Å². The zero-order chi connectivity index (χ0) is 29.6. The van der Waals surface area contributed by atoms with E-state index in [0.29, 0.717) is 51.9 Å². The van der Waals surface area contributed by atoms with Gasteiger partial charge in [0.05, 0.1) is 11.5 Å². The maximum absolute atomic E-state index is 13.5. The Kier molecular flexibility index (Phi) is 9.83. The van der Waals surface area contributed by atoms with Crippen LogP contribution >= 0.6 is 0 Å². The molecule has 0 aliphatic carbocycles. The fourth-order valence-electron chi connectivity index (χ4n) is 6.53. The number of carbonyl (C=O) groups is 2. The average molecular weight is 600 g/mol. The number of hydrogen-bond donors (Lipinski definition) is 1. The number of carbonyl (C=O) groups excluding carboxylic acids is 2. The first-order valence-electron chi connectivity index (χ1n) is 15.3. The predicted octanol–water partition coefficient (Wildman–Crippen LogP) is 4.54. The summed E-state index contributed by atoms with van der Waals surface area (Å²) in [5.41, 5.74) is 1.18. The molecule has 10 heteroatoms. The van der Waals surface area contributed by atoms with Gasteiger partial charge in [-0.25, -0.2) is 12.8 Å². The van der Waals surface area contributed by atoms with Gasteiger partial charge in [0.1, 0.15) is 11.6 Å². The Morgan fingerprint density at radius 1 is 0.905 bits per heavy atom. The van der Waals surface area contributed by atoms with Crippen LogP contribution in [0.15, 0.2) is 53.4 Å². The second kappa shape index (κ2) is 13.5. The monoisotopic (exact) mass is 599 g/mol. The van der Waals surface area contributed by atoms with Crippen LogP contribution < -0.4 is 10.1 Å². The molecule has 2 aromatic rings. The molecule has 0 unspecified atom stereocenters. The lowest BCUT2D eigenvalue weighted by atomic mass is 9.74. The minimum absolute atomic E-state index is 0.0286. The van der Waals surface area contributed by atoms with Gasteiger partial charge in [0.2, 0.25) is 21.8 Å². The molecule has 3 aliphatic heterocycles. The van der Waals surface area contributed by atoms with E-state index in [-0.39, 0.29) is 41.1 Å². The molecule has 1 spiro atoms. The minimum Gasteiger partial charge on any atom is -0.493 e. The van der Waals surface area contributed by atoms with Crippen LogP contribution in [-0.2, 0) is 26.0 Å². The highest BCUT2D eigenvalue weighted by molar-refractivity contribution is 7.89. The number of hydrogen-bond acceptors (Lipinski definition) is 5. The second-order valence-electron chi connectivity index (χ2n) is 12.0. The summed E-state index contributed by atoms with van der Waals surface area (Å²) in [6.07, 6.45) is 7.77. The summed E-state index contributed by atoms with van der Waals surface area (Å²) in [5.74, 6) is 0.376. The summed E-state index contributed by atoms with van der Waals surface area (Å²) >= 11 is 0. The lowest BCUT2D eigenvalue weighted by Crippen LogP contribution is -2.50. The number of piperidine rings is 2. The van der Waals surface area contributed by atoms with Crippen LogP contribution in [0.2, 0.25) is 0 Å². The number of para-hydroxylation sites is 1. The summed E-state index contributed by atoms with van der Waals surface area (Å²) < 4.78 is 46.6. The van der Waals surface area contributed by atoms with Crippen LogP contribution in [0.4, 0.5) is 4.39 Å². The topological polar surface area (TPSA) is 96.0 Å². The van der Waals surface area contributed by atoms with E-state index in [9.17, 15) is 22.4 Å². The molecule has 5 rings (SSSR count). The van der Waals surface area contributed by atoms with E-state index in [1.165, 1.54) is 22.0 Å². The molecule has 0 atom stereocenters. The molecule has 1 N–H and O–H groups in total. The highest BCUT2D eigenvalue weighted by Crippen LogP contribution is 2.38. The number of likely N-dealkylation sites (tertiary alicyclic amines) is 1. The third-order valence-corrected chi connectivity index (χ3v) is 11.1. The van der Waals surface area contributed by atoms with Crippen molar-refractivity contribution in [2.24, 2.45) is 11.3 Å². The van der Waals surface area contributed by atoms with Gasteiger partial charge in [-0.05, 0) is 92.7 Å². The summed E-state index contributed by atoms with van der Waals surface area (Å²) in [6.45, 7) is 3.00. The van der Waals surface area contributed by atoms with E-state index < -0.39 is 15.8 Å². The van der Waals surface area contributed by atoms with E-state index in [4.69, 9.17) is 4.74 Å². The maximum Gasteiger partial charge on any atom is 0.243 e. The molecule has 3 heterocycles. The van der Waals surface area contributed by atoms with Gasteiger partial charge in [-0.2, -0.15) is 4.31 Å². The van der Waals surface area contributed by atoms with Gasteiger partial charge in [-0.1, -0.05) is 24.6 Å². The number of aryl methyl sites for hydroxylation is 1.